The Morgan fingerprint density at radius 1 is 0.382 bits per heavy atom. The summed E-state index contributed by atoms with van der Waals surface area (Å²) in [4.78, 5) is 2.55. The molecule has 0 unspecified atom stereocenters. The maximum absolute atomic E-state index is 2.55. The minimum Gasteiger partial charge on any atom is -0.308 e. The molecule has 9 aromatic carbocycles. The average molecular weight is 716 g/mol. The first kappa shape index (κ1) is 30.7. The van der Waals surface area contributed by atoms with Gasteiger partial charge in [-0.15, -0.1) is 11.3 Å². The number of anilines is 3. The molecule has 0 atom stereocenters. The lowest BCUT2D eigenvalue weighted by Gasteiger charge is -2.33. The lowest BCUT2D eigenvalue weighted by atomic mass is 9.70. The highest BCUT2D eigenvalue weighted by Crippen LogP contribution is 2.63. The van der Waals surface area contributed by atoms with E-state index in [0.717, 1.165) is 11.4 Å². The quantitative estimate of drug-likeness (QED) is 0.175. The summed E-state index contributed by atoms with van der Waals surface area (Å²) in [5, 5.41) is 5.15. The van der Waals surface area contributed by atoms with Crippen molar-refractivity contribution < 1.29 is 0 Å². The van der Waals surface area contributed by atoms with Gasteiger partial charge >= 0.3 is 0 Å². The van der Waals surface area contributed by atoms with Crippen molar-refractivity contribution in [3.8, 4) is 33.4 Å². The normalized spacial score (nSPS) is 13.2. The summed E-state index contributed by atoms with van der Waals surface area (Å²) in [6.07, 6.45) is 0. The van der Waals surface area contributed by atoms with Crippen LogP contribution in [0.15, 0.2) is 200 Å². The number of fused-ring (bicyclic) bond motifs is 15. The number of hydrogen-bond donors (Lipinski definition) is 0. The van der Waals surface area contributed by atoms with Crippen LogP contribution in [0.2, 0.25) is 0 Å². The summed E-state index contributed by atoms with van der Waals surface area (Å²) < 4.78 is 2.59. The molecule has 0 saturated heterocycles. The Kier molecular flexibility index (Phi) is 6.49. The highest BCUT2D eigenvalue weighted by atomic mass is 32.1. The van der Waals surface area contributed by atoms with E-state index in [9.17, 15) is 0 Å². The van der Waals surface area contributed by atoms with Crippen molar-refractivity contribution in [1.82, 2.24) is 0 Å². The SMILES string of the molecule is c1ccc(-c2ccccc2N(c2ccc3c(c2)C2(c4ccccc4-c4ccccc42)c2ccccc2-3)c2cc3ccccc3c3c2sc2ccccc23)cc1. The van der Waals surface area contributed by atoms with E-state index >= 15 is 0 Å². The maximum Gasteiger partial charge on any atom is 0.0726 e. The van der Waals surface area contributed by atoms with Gasteiger partial charge in [-0.2, -0.15) is 0 Å². The zero-order valence-electron chi connectivity index (χ0n) is 29.9. The van der Waals surface area contributed by atoms with E-state index in [1.807, 2.05) is 11.3 Å². The Hall–Kier alpha value is -6.74. The Bertz CT molecular complexity index is 3110. The highest BCUT2D eigenvalue weighted by Gasteiger charge is 2.51. The molecule has 0 fully saturated rings. The number of rotatable bonds is 4. The fourth-order valence-corrected chi connectivity index (χ4v) is 11.1. The smallest absolute Gasteiger partial charge is 0.0726 e. The zero-order valence-corrected chi connectivity index (χ0v) is 30.7. The van der Waals surface area contributed by atoms with Crippen molar-refractivity contribution in [3.63, 3.8) is 0 Å². The number of benzene rings is 9. The molecular formula is C53H33NS. The van der Waals surface area contributed by atoms with E-state index < -0.39 is 5.41 Å². The fraction of sp³-hybridized carbons (Fsp3) is 0.0189. The Labute approximate surface area is 324 Å². The lowest BCUT2D eigenvalue weighted by Crippen LogP contribution is -2.26. The van der Waals surface area contributed by atoms with E-state index in [-0.39, 0.29) is 0 Å². The standard InChI is InChI=1S/C53H33NS/c1-2-16-34(17-3-1)37-19-9-14-28-48(37)54(49-32-35-18-4-5-20-38(35)51-43-24-10-15-29-50(43)55-52(49)51)36-30-31-42-41-23-8-13-27-46(41)53(47(42)33-36)44-25-11-6-21-39(44)40-22-7-12-26-45(40)53/h1-33H. The predicted molar refractivity (Wildman–Crippen MR) is 233 cm³/mol. The molecule has 2 heteroatoms. The molecule has 10 aromatic rings. The van der Waals surface area contributed by atoms with Gasteiger partial charge in [-0.3, -0.25) is 0 Å². The fourth-order valence-electron chi connectivity index (χ4n) is 9.88. The molecular weight excluding hydrogens is 683 g/mol. The molecule has 1 spiro atoms. The Balaban J connectivity index is 1.21. The van der Waals surface area contributed by atoms with Crippen molar-refractivity contribution >= 4 is 59.3 Å². The summed E-state index contributed by atoms with van der Waals surface area (Å²) in [7, 11) is 0. The topological polar surface area (TPSA) is 3.24 Å². The number of hydrogen-bond acceptors (Lipinski definition) is 2. The second-order valence-electron chi connectivity index (χ2n) is 14.8. The van der Waals surface area contributed by atoms with Gasteiger partial charge in [0.05, 0.1) is 21.5 Å². The zero-order chi connectivity index (χ0) is 36.1. The number of nitrogens with zero attached hydrogens (tertiary/aromatic N) is 1. The first-order chi connectivity index (χ1) is 27.3. The van der Waals surface area contributed by atoms with Crippen molar-refractivity contribution in [2.45, 2.75) is 5.41 Å². The minimum atomic E-state index is -0.434. The van der Waals surface area contributed by atoms with E-state index in [1.165, 1.54) is 92.3 Å². The molecule has 0 bridgehead atoms. The number of para-hydroxylation sites is 1. The molecule has 2 aliphatic carbocycles. The molecule has 0 radical (unpaired) electrons. The van der Waals surface area contributed by atoms with E-state index in [2.05, 4.69) is 205 Å². The van der Waals surface area contributed by atoms with E-state index in [4.69, 9.17) is 0 Å². The molecule has 1 nitrogen and oxygen atoms in total. The third-order valence-electron chi connectivity index (χ3n) is 12.1. The number of thiophene rings is 1. The molecule has 0 amide bonds. The third kappa shape index (κ3) is 4.18. The molecule has 12 rings (SSSR count). The van der Waals surface area contributed by atoms with Gasteiger partial charge < -0.3 is 4.90 Å². The van der Waals surface area contributed by atoms with Gasteiger partial charge in [0.25, 0.3) is 0 Å². The van der Waals surface area contributed by atoms with Crippen molar-refractivity contribution in [2.75, 3.05) is 4.90 Å². The van der Waals surface area contributed by atoms with E-state index in [0.29, 0.717) is 0 Å². The molecule has 0 aliphatic heterocycles. The highest BCUT2D eigenvalue weighted by molar-refractivity contribution is 7.26. The van der Waals surface area contributed by atoms with Crippen LogP contribution in [0.5, 0.6) is 0 Å². The van der Waals surface area contributed by atoms with Gasteiger partial charge in [0.2, 0.25) is 0 Å². The van der Waals surface area contributed by atoms with Crippen LogP contribution in [0.3, 0.4) is 0 Å². The van der Waals surface area contributed by atoms with Gasteiger partial charge in [0.1, 0.15) is 0 Å². The second-order valence-corrected chi connectivity index (χ2v) is 15.8. The maximum atomic E-state index is 2.55. The van der Waals surface area contributed by atoms with Gasteiger partial charge in [0, 0.05) is 26.7 Å². The molecule has 256 valence electrons. The van der Waals surface area contributed by atoms with E-state index in [1.54, 1.807) is 0 Å². The summed E-state index contributed by atoms with van der Waals surface area (Å²) in [5.74, 6) is 0. The molecule has 1 aromatic heterocycles. The lowest BCUT2D eigenvalue weighted by molar-refractivity contribution is 0.793. The van der Waals surface area contributed by atoms with Crippen molar-refractivity contribution in [1.29, 1.82) is 0 Å². The summed E-state index contributed by atoms with van der Waals surface area (Å²) in [5.41, 5.74) is 16.1. The van der Waals surface area contributed by atoms with Gasteiger partial charge in [-0.05, 0) is 91.2 Å². The van der Waals surface area contributed by atoms with Crippen LogP contribution in [-0.2, 0) is 5.41 Å². The molecule has 55 heavy (non-hydrogen) atoms. The first-order valence-electron chi connectivity index (χ1n) is 19.0. The molecule has 2 aliphatic rings. The molecule has 0 saturated carbocycles. The first-order valence-corrected chi connectivity index (χ1v) is 19.8. The van der Waals surface area contributed by atoms with Crippen LogP contribution >= 0.6 is 11.3 Å². The largest absolute Gasteiger partial charge is 0.308 e. The van der Waals surface area contributed by atoms with Crippen molar-refractivity contribution in [3.05, 3.63) is 222 Å². The Morgan fingerprint density at radius 3 is 1.64 bits per heavy atom. The molecule has 0 N–H and O–H groups in total. The monoisotopic (exact) mass is 715 g/mol. The second kappa shape index (κ2) is 11.6. The third-order valence-corrected chi connectivity index (χ3v) is 13.3. The average Bonchev–Trinajstić information content (AvgIpc) is 3.89. The molecule has 1 heterocycles. The van der Waals surface area contributed by atoms with Crippen molar-refractivity contribution in [2.24, 2.45) is 0 Å². The Morgan fingerprint density at radius 2 is 0.927 bits per heavy atom. The predicted octanol–water partition coefficient (Wildman–Crippen LogP) is 14.7. The van der Waals surface area contributed by atoms with Crippen LogP contribution < -0.4 is 4.90 Å². The van der Waals surface area contributed by atoms with Gasteiger partial charge in [-0.1, -0.05) is 170 Å². The van der Waals surface area contributed by atoms with Crippen LogP contribution in [-0.4, -0.2) is 0 Å². The van der Waals surface area contributed by atoms with Crippen LogP contribution in [0.1, 0.15) is 22.3 Å². The minimum absolute atomic E-state index is 0.434. The van der Waals surface area contributed by atoms with Crippen LogP contribution in [0.4, 0.5) is 17.1 Å². The van der Waals surface area contributed by atoms with Gasteiger partial charge in [0.15, 0.2) is 0 Å². The summed E-state index contributed by atoms with van der Waals surface area (Å²) >= 11 is 1.90. The summed E-state index contributed by atoms with van der Waals surface area (Å²) in [6, 6.07) is 74.5. The van der Waals surface area contributed by atoms with Crippen LogP contribution in [0, 0.1) is 0 Å². The van der Waals surface area contributed by atoms with Gasteiger partial charge in [-0.25, -0.2) is 0 Å². The summed E-state index contributed by atoms with van der Waals surface area (Å²) in [6.45, 7) is 0. The van der Waals surface area contributed by atoms with Crippen LogP contribution in [0.25, 0.3) is 64.3 Å².